The molecule has 0 spiro atoms. The number of benzene rings is 4. The first kappa shape index (κ1) is 28.6. The summed E-state index contributed by atoms with van der Waals surface area (Å²) in [6, 6.07) is 27.8. The summed E-state index contributed by atoms with van der Waals surface area (Å²) in [5.41, 5.74) is 6.50. The van der Waals surface area contributed by atoms with E-state index >= 15 is 0 Å². The van der Waals surface area contributed by atoms with Crippen LogP contribution in [0.1, 0.15) is 18.4 Å². The molecule has 0 aliphatic heterocycles. The van der Waals surface area contributed by atoms with Gasteiger partial charge in [-0.25, -0.2) is 17.8 Å². The molecule has 220 valence electrons. The van der Waals surface area contributed by atoms with Crippen LogP contribution in [0.3, 0.4) is 0 Å². The molecule has 0 amide bonds. The van der Waals surface area contributed by atoms with Crippen molar-refractivity contribution >= 4 is 37.7 Å². The second-order valence-electron chi connectivity index (χ2n) is 10.6. The molecule has 0 aliphatic carbocycles. The number of rotatable bonds is 11. The number of imidazole rings is 1. The molecule has 0 aliphatic rings. The van der Waals surface area contributed by atoms with Crippen molar-refractivity contribution in [3.63, 3.8) is 0 Å². The van der Waals surface area contributed by atoms with Crippen LogP contribution >= 0.6 is 0 Å². The summed E-state index contributed by atoms with van der Waals surface area (Å²) in [5.74, 6) is 0.299. The molecule has 2 aromatic heterocycles. The van der Waals surface area contributed by atoms with Crippen molar-refractivity contribution in [3.05, 3.63) is 109 Å². The number of furan rings is 1. The average molecular weight is 597 g/mol. The van der Waals surface area contributed by atoms with Gasteiger partial charge in [0.2, 0.25) is 10.0 Å². The number of halogens is 1. The van der Waals surface area contributed by atoms with Crippen LogP contribution in [-0.4, -0.2) is 37.8 Å². The van der Waals surface area contributed by atoms with Crippen molar-refractivity contribution in [1.29, 1.82) is 0 Å². The molecule has 1 N–H and O–H groups in total. The minimum atomic E-state index is -3.64. The summed E-state index contributed by atoms with van der Waals surface area (Å²) in [4.78, 5) is 4.47. The number of unbranched alkanes of at least 4 members (excludes halogenated alkanes) is 1. The van der Waals surface area contributed by atoms with E-state index in [9.17, 15) is 12.8 Å². The zero-order chi connectivity index (χ0) is 30.0. The Morgan fingerprint density at radius 3 is 2.42 bits per heavy atom. The highest BCUT2D eigenvalue weighted by atomic mass is 32.2. The number of hydrogen-bond donors (Lipinski definition) is 1. The van der Waals surface area contributed by atoms with Crippen molar-refractivity contribution in [2.45, 2.75) is 25.9 Å². The van der Waals surface area contributed by atoms with E-state index in [-0.39, 0.29) is 5.82 Å². The lowest BCUT2D eigenvalue weighted by Gasteiger charge is -2.25. The fraction of sp³-hybridized carbons (Fsp3) is 0.206. The minimum Gasteiger partial charge on any atom is -0.456 e. The SMILES string of the molecule is CNCc1c(-c2ccc(F)cc2)oc2cc(N(CCCCn3cnc4ccccc43)S(C)(=O)=O)c(-c3ccccc3)cc12. The van der Waals surface area contributed by atoms with Crippen molar-refractivity contribution in [2.24, 2.45) is 0 Å². The van der Waals surface area contributed by atoms with Gasteiger partial charge in [-0.2, -0.15) is 0 Å². The Balaban J connectivity index is 1.40. The molecule has 0 saturated carbocycles. The van der Waals surface area contributed by atoms with Crippen LogP contribution in [0.15, 0.2) is 102 Å². The quantitative estimate of drug-likeness (QED) is 0.160. The zero-order valence-electron chi connectivity index (χ0n) is 24.1. The molecule has 6 aromatic rings. The summed E-state index contributed by atoms with van der Waals surface area (Å²) in [6.45, 7) is 1.56. The van der Waals surface area contributed by atoms with Gasteiger partial charge in [0.05, 0.1) is 29.3 Å². The lowest BCUT2D eigenvalue weighted by molar-refractivity contribution is 0.586. The smallest absolute Gasteiger partial charge is 0.232 e. The van der Waals surface area contributed by atoms with Crippen LogP contribution in [0.25, 0.3) is 44.5 Å². The minimum absolute atomic E-state index is 0.311. The second-order valence-corrected chi connectivity index (χ2v) is 12.6. The van der Waals surface area contributed by atoms with Gasteiger partial charge in [-0.05, 0) is 67.9 Å². The lowest BCUT2D eigenvalue weighted by Crippen LogP contribution is -2.31. The maximum absolute atomic E-state index is 13.7. The maximum Gasteiger partial charge on any atom is 0.232 e. The van der Waals surface area contributed by atoms with Crippen LogP contribution in [-0.2, 0) is 23.1 Å². The van der Waals surface area contributed by atoms with Gasteiger partial charge in [-0.1, -0.05) is 42.5 Å². The van der Waals surface area contributed by atoms with Crippen molar-refractivity contribution in [1.82, 2.24) is 14.9 Å². The van der Waals surface area contributed by atoms with Gasteiger partial charge in [0, 0.05) is 47.8 Å². The molecule has 0 unspecified atom stereocenters. The fourth-order valence-electron chi connectivity index (χ4n) is 5.62. The number of sulfonamides is 1. The molecule has 7 nitrogen and oxygen atoms in total. The number of aryl methyl sites for hydroxylation is 1. The number of nitrogens with zero attached hydrogens (tertiary/aromatic N) is 3. The summed E-state index contributed by atoms with van der Waals surface area (Å²) in [7, 11) is -1.78. The van der Waals surface area contributed by atoms with Gasteiger partial charge in [-0.3, -0.25) is 4.31 Å². The molecule has 0 radical (unpaired) electrons. The normalized spacial score (nSPS) is 11.9. The van der Waals surface area contributed by atoms with Gasteiger partial charge >= 0.3 is 0 Å². The Labute approximate surface area is 250 Å². The molecule has 9 heteroatoms. The average Bonchev–Trinajstić information content (AvgIpc) is 3.58. The summed E-state index contributed by atoms with van der Waals surface area (Å²) in [5, 5.41) is 4.09. The fourth-order valence-corrected chi connectivity index (χ4v) is 6.59. The Bertz CT molecular complexity index is 1980. The number of hydrogen-bond acceptors (Lipinski definition) is 5. The van der Waals surface area contributed by atoms with Crippen LogP contribution in [0, 0.1) is 5.82 Å². The molecule has 0 fully saturated rings. The van der Waals surface area contributed by atoms with E-state index in [0.717, 1.165) is 51.6 Å². The van der Waals surface area contributed by atoms with Gasteiger partial charge in [0.15, 0.2) is 0 Å². The van der Waals surface area contributed by atoms with Crippen molar-refractivity contribution < 1.29 is 17.2 Å². The molecule has 0 bridgehead atoms. The molecular formula is C34H33FN4O3S. The molecular weight excluding hydrogens is 563 g/mol. The van der Waals surface area contributed by atoms with Crippen LogP contribution < -0.4 is 9.62 Å². The number of para-hydroxylation sites is 2. The van der Waals surface area contributed by atoms with Crippen molar-refractivity contribution in [3.8, 4) is 22.5 Å². The Hall–Kier alpha value is -4.47. The summed E-state index contributed by atoms with van der Waals surface area (Å²) >= 11 is 0. The van der Waals surface area contributed by atoms with Gasteiger partial charge in [0.25, 0.3) is 0 Å². The van der Waals surface area contributed by atoms with E-state index in [1.165, 1.54) is 22.7 Å². The Morgan fingerprint density at radius 2 is 1.67 bits per heavy atom. The van der Waals surface area contributed by atoms with E-state index in [2.05, 4.69) is 14.9 Å². The lowest BCUT2D eigenvalue weighted by atomic mass is 9.98. The van der Waals surface area contributed by atoms with Crippen LogP contribution in [0.5, 0.6) is 0 Å². The first-order valence-electron chi connectivity index (χ1n) is 14.3. The van der Waals surface area contributed by atoms with Crippen LogP contribution in [0.4, 0.5) is 10.1 Å². The van der Waals surface area contributed by atoms with E-state index < -0.39 is 10.0 Å². The molecule has 6 rings (SSSR count). The second kappa shape index (κ2) is 12.0. The molecule has 4 aromatic carbocycles. The third-order valence-electron chi connectivity index (χ3n) is 7.66. The Kier molecular flexibility index (Phi) is 8.01. The number of nitrogens with one attached hydrogen (secondary N) is 1. The summed E-state index contributed by atoms with van der Waals surface area (Å²) in [6.07, 6.45) is 4.50. The van der Waals surface area contributed by atoms with Gasteiger partial charge < -0.3 is 14.3 Å². The van der Waals surface area contributed by atoms with E-state index in [1.54, 1.807) is 12.1 Å². The standard InChI is InChI=1S/C34H33FN4O3S/c1-36-22-29-28-20-27(24-10-4-3-5-11-24)32(21-33(28)42-34(29)25-14-16-26(35)17-15-25)39(43(2,40)41)19-9-8-18-38-23-37-30-12-6-7-13-31(30)38/h3-7,10-17,20-21,23,36H,8-9,18-19,22H2,1-2H3. The molecule has 2 heterocycles. The van der Waals surface area contributed by atoms with E-state index in [1.807, 2.05) is 80.1 Å². The number of aromatic nitrogens is 2. The zero-order valence-corrected chi connectivity index (χ0v) is 24.9. The summed E-state index contributed by atoms with van der Waals surface area (Å²) < 4.78 is 50.3. The van der Waals surface area contributed by atoms with Crippen molar-refractivity contribution in [2.75, 3.05) is 24.2 Å². The third-order valence-corrected chi connectivity index (χ3v) is 8.84. The maximum atomic E-state index is 13.7. The highest BCUT2D eigenvalue weighted by molar-refractivity contribution is 7.92. The van der Waals surface area contributed by atoms with Gasteiger partial charge in [0.1, 0.15) is 17.2 Å². The predicted octanol–water partition coefficient (Wildman–Crippen LogP) is 7.22. The predicted molar refractivity (Wildman–Crippen MR) is 171 cm³/mol. The first-order valence-corrected chi connectivity index (χ1v) is 16.1. The van der Waals surface area contributed by atoms with Crippen LogP contribution in [0.2, 0.25) is 0 Å². The first-order chi connectivity index (χ1) is 20.8. The number of fused-ring (bicyclic) bond motifs is 2. The third kappa shape index (κ3) is 5.91. The monoisotopic (exact) mass is 596 g/mol. The highest BCUT2D eigenvalue weighted by Crippen LogP contribution is 2.41. The Morgan fingerprint density at radius 1 is 0.930 bits per heavy atom. The molecule has 0 atom stereocenters. The van der Waals surface area contributed by atoms with Gasteiger partial charge in [-0.15, -0.1) is 0 Å². The largest absolute Gasteiger partial charge is 0.456 e. The molecule has 43 heavy (non-hydrogen) atoms. The highest BCUT2D eigenvalue weighted by Gasteiger charge is 2.25. The molecule has 0 saturated heterocycles. The topological polar surface area (TPSA) is 80.4 Å². The van der Waals surface area contributed by atoms with E-state index in [4.69, 9.17) is 4.42 Å². The number of anilines is 1. The van der Waals surface area contributed by atoms with E-state index in [0.29, 0.717) is 36.5 Å².